The first-order chi connectivity index (χ1) is 10.7. The topological polar surface area (TPSA) is 55.3 Å². The maximum atomic E-state index is 11.8. The van der Waals surface area contributed by atoms with Gasteiger partial charge in [0.25, 0.3) is 0 Å². The van der Waals surface area contributed by atoms with Crippen molar-refractivity contribution in [1.82, 2.24) is 14.9 Å². The highest BCUT2D eigenvalue weighted by atomic mass is 16.5. The lowest BCUT2D eigenvalue weighted by atomic mass is 10.1. The zero-order valence-corrected chi connectivity index (χ0v) is 12.9. The molecule has 0 unspecified atom stereocenters. The molecule has 1 aliphatic rings. The van der Waals surface area contributed by atoms with E-state index >= 15 is 0 Å². The summed E-state index contributed by atoms with van der Waals surface area (Å²) in [6.07, 6.45) is 3.17. The summed E-state index contributed by atoms with van der Waals surface area (Å²) in [6.45, 7) is 3.24. The fraction of sp³-hybridized carbons (Fsp3) is 0.353. The number of aromatic nitrogens is 2. The van der Waals surface area contributed by atoms with Gasteiger partial charge in [-0.3, -0.25) is 4.79 Å². The van der Waals surface area contributed by atoms with Crippen LogP contribution in [0.3, 0.4) is 0 Å². The number of fused-ring (bicyclic) bond motifs is 1. The van der Waals surface area contributed by atoms with Crippen LogP contribution in [-0.4, -0.2) is 34.4 Å². The zero-order valence-electron chi connectivity index (χ0n) is 12.9. The van der Waals surface area contributed by atoms with Crippen LogP contribution in [0.1, 0.15) is 24.6 Å². The maximum absolute atomic E-state index is 11.8. The summed E-state index contributed by atoms with van der Waals surface area (Å²) in [5.74, 6) is 1.72. The molecule has 0 aliphatic carbocycles. The van der Waals surface area contributed by atoms with Crippen LogP contribution in [0.5, 0.6) is 5.75 Å². The molecule has 1 aromatic heterocycles. The fourth-order valence-electron chi connectivity index (χ4n) is 2.63. The molecule has 2 aromatic rings. The summed E-state index contributed by atoms with van der Waals surface area (Å²) >= 11 is 0. The molecule has 0 saturated carbocycles. The van der Waals surface area contributed by atoms with Crippen molar-refractivity contribution in [2.24, 2.45) is 0 Å². The van der Waals surface area contributed by atoms with Gasteiger partial charge in [-0.15, -0.1) is 0 Å². The molecular weight excluding hydrogens is 278 g/mol. The Hall–Kier alpha value is -2.43. The number of nitrogens with zero attached hydrogens (tertiary/aromatic N) is 3. The quantitative estimate of drug-likeness (QED) is 0.873. The Labute approximate surface area is 130 Å². The first kappa shape index (κ1) is 14.5. The Bertz CT molecular complexity index is 683. The van der Waals surface area contributed by atoms with Gasteiger partial charge in [0.15, 0.2) is 5.82 Å². The largest absolute Gasteiger partial charge is 0.497 e. The van der Waals surface area contributed by atoms with Crippen molar-refractivity contribution in [1.29, 1.82) is 0 Å². The number of methoxy groups -OCH3 is 1. The van der Waals surface area contributed by atoms with E-state index in [1.165, 1.54) is 0 Å². The third-order valence-corrected chi connectivity index (χ3v) is 3.94. The van der Waals surface area contributed by atoms with Crippen LogP contribution in [0.15, 0.2) is 30.5 Å². The lowest BCUT2D eigenvalue weighted by molar-refractivity contribution is -0.131. The van der Waals surface area contributed by atoms with Crippen molar-refractivity contribution >= 4 is 5.91 Å². The van der Waals surface area contributed by atoms with Gasteiger partial charge < -0.3 is 9.64 Å². The molecule has 0 spiro atoms. The Balaban J connectivity index is 1.84. The van der Waals surface area contributed by atoms with Gasteiger partial charge in [0, 0.05) is 43.3 Å². The lowest BCUT2D eigenvalue weighted by Gasteiger charge is -2.27. The highest BCUT2D eigenvalue weighted by Gasteiger charge is 2.21. The number of ether oxygens (including phenoxy) is 1. The standard InChI is InChI=1S/C17H19N3O2/c1-3-16(21)20-9-8-15-13(11-20)10-18-17(19-15)12-4-6-14(22-2)7-5-12/h4-7,10H,3,8-9,11H2,1-2H3. The summed E-state index contributed by atoms with van der Waals surface area (Å²) in [6, 6.07) is 7.71. The molecule has 0 fully saturated rings. The fourth-order valence-corrected chi connectivity index (χ4v) is 2.63. The predicted molar refractivity (Wildman–Crippen MR) is 83.4 cm³/mol. The molecule has 114 valence electrons. The van der Waals surface area contributed by atoms with Crippen LogP contribution in [0.4, 0.5) is 0 Å². The van der Waals surface area contributed by atoms with Gasteiger partial charge in [-0.25, -0.2) is 9.97 Å². The molecule has 0 bridgehead atoms. The zero-order chi connectivity index (χ0) is 15.5. The number of hydrogen-bond donors (Lipinski definition) is 0. The van der Waals surface area contributed by atoms with Gasteiger partial charge in [0.05, 0.1) is 12.8 Å². The van der Waals surface area contributed by atoms with Crippen molar-refractivity contribution in [3.63, 3.8) is 0 Å². The number of benzene rings is 1. The van der Waals surface area contributed by atoms with Crippen LogP contribution in [0.25, 0.3) is 11.4 Å². The monoisotopic (exact) mass is 297 g/mol. The third kappa shape index (κ3) is 2.79. The summed E-state index contributed by atoms with van der Waals surface area (Å²) in [7, 11) is 1.65. The normalized spacial score (nSPS) is 13.6. The minimum absolute atomic E-state index is 0.185. The minimum atomic E-state index is 0.185. The van der Waals surface area contributed by atoms with E-state index in [9.17, 15) is 4.79 Å². The molecule has 0 radical (unpaired) electrons. The van der Waals surface area contributed by atoms with Crippen LogP contribution in [-0.2, 0) is 17.8 Å². The average molecular weight is 297 g/mol. The van der Waals surface area contributed by atoms with Gasteiger partial charge in [0.2, 0.25) is 5.91 Å². The first-order valence-corrected chi connectivity index (χ1v) is 7.48. The molecule has 1 aromatic carbocycles. The summed E-state index contributed by atoms with van der Waals surface area (Å²) in [4.78, 5) is 22.8. The molecule has 0 saturated heterocycles. The Morgan fingerprint density at radius 1 is 1.32 bits per heavy atom. The molecule has 22 heavy (non-hydrogen) atoms. The van der Waals surface area contributed by atoms with E-state index in [2.05, 4.69) is 9.97 Å². The molecular formula is C17H19N3O2. The van der Waals surface area contributed by atoms with Crippen LogP contribution < -0.4 is 4.74 Å². The average Bonchev–Trinajstić information content (AvgIpc) is 2.60. The van der Waals surface area contributed by atoms with Crippen LogP contribution in [0, 0.1) is 0 Å². The van der Waals surface area contributed by atoms with E-state index in [0.29, 0.717) is 13.0 Å². The molecule has 0 atom stereocenters. The van der Waals surface area contributed by atoms with E-state index in [0.717, 1.165) is 41.4 Å². The highest BCUT2D eigenvalue weighted by molar-refractivity contribution is 5.76. The second-order valence-corrected chi connectivity index (χ2v) is 5.31. The Kier molecular flexibility index (Phi) is 4.04. The van der Waals surface area contributed by atoms with Crippen molar-refractivity contribution in [3.05, 3.63) is 41.7 Å². The molecule has 1 amide bonds. The van der Waals surface area contributed by atoms with Crippen molar-refractivity contribution in [2.75, 3.05) is 13.7 Å². The molecule has 3 rings (SSSR count). The minimum Gasteiger partial charge on any atom is -0.497 e. The lowest BCUT2D eigenvalue weighted by Crippen LogP contribution is -2.36. The predicted octanol–water partition coefficient (Wildman–Crippen LogP) is 2.45. The smallest absolute Gasteiger partial charge is 0.222 e. The van der Waals surface area contributed by atoms with Crippen molar-refractivity contribution in [3.8, 4) is 17.1 Å². The molecule has 2 heterocycles. The SMILES string of the molecule is CCC(=O)N1CCc2nc(-c3ccc(OC)cc3)ncc2C1. The van der Waals surface area contributed by atoms with Gasteiger partial charge in [0.1, 0.15) is 5.75 Å². The van der Waals surface area contributed by atoms with E-state index in [-0.39, 0.29) is 5.91 Å². The summed E-state index contributed by atoms with van der Waals surface area (Å²) in [5, 5.41) is 0. The number of rotatable bonds is 3. The first-order valence-electron chi connectivity index (χ1n) is 7.48. The number of hydrogen-bond acceptors (Lipinski definition) is 4. The van der Waals surface area contributed by atoms with Crippen LogP contribution in [0.2, 0.25) is 0 Å². The van der Waals surface area contributed by atoms with Crippen LogP contribution >= 0.6 is 0 Å². The maximum Gasteiger partial charge on any atom is 0.222 e. The second kappa shape index (κ2) is 6.13. The number of carbonyl (C=O) groups excluding carboxylic acids is 1. The molecule has 1 aliphatic heterocycles. The summed E-state index contributed by atoms with van der Waals surface area (Å²) in [5.41, 5.74) is 3.06. The van der Waals surface area contributed by atoms with E-state index in [1.54, 1.807) is 7.11 Å². The third-order valence-electron chi connectivity index (χ3n) is 3.94. The van der Waals surface area contributed by atoms with Crippen molar-refractivity contribution in [2.45, 2.75) is 26.3 Å². The van der Waals surface area contributed by atoms with Gasteiger partial charge in [-0.1, -0.05) is 6.92 Å². The highest BCUT2D eigenvalue weighted by Crippen LogP contribution is 2.23. The Morgan fingerprint density at radius 2 is 2.09 bits per heavy atom. The molecule has 5 heteroatoms. The van der Waals surface area contributed by atoms with Gasteiger partial charge >= 0.3 is 0 Å². The Morgan fingerprint density at radius 3 is 2.77 bits per heavy atom. The number of amides is 1. The van der Waals surface area contributed by atoms with E-state index < -0.39 is 0 Å². The van der Waals surface area contributed by atoms with E-state index in [4.69, 9.17) is 4.74 Å². The van der Waals surface area contributed by atoms with E-state index in [1.807, 2.05) is 42.3 Å². The van der Waals surface area contributed by atoms with Crippen molar-refractivity contribution < 1.29 is 9.53 Å². The van der Waals surface area contributed by atoms with Gasteiger partial charge in [-0.05, 0) is 24.3 Å². The second-order valence-electron chi connectivity index (χ2n) is 5.31. The summed E-state index contributed by atoms with van der Waals surface area (Å²) < 4.78 is 5.16. The van der Waals surface area contributed by atoms with Gasteiger partial charge in [-0.2, -0.15) is 0 Å². The number of carbonyl (C=O) groups is 1. The molecule has 5 nitrogen and oxygen atoms in total. The molecule has 0 N–H and O–H groups in total.